The molecular formula is C22H26F3NO4. The molecule has 1 aliphatic rings. The van der Waals surface area contributed by atoms with E-state index in [0.717, 1.165) is 11.6 Å². The summed E-state index contributed by atoms with van der Waals surface area (Å²) < 4.78 is 57.8. The molecule has 1 aliphatic heterocycles. The number of alkyl halides is 3. The molecule has 0 spiro atoms. The normalized spacial score (nSPS) is 20.4. The molecule has 0 saturated heterocycles. The summed E-state index contributed by atoms with van der Waals surface area (Å²) in [5, 5.41) is 2.34. The van der Waals surface area contributed by atoms with Gasteiger partial charge in [-0.05, 0) is 44.1 Å². The minimum absolute atomic E-state index is 0.192. The van der Waals surface area contributed by atoms with Gasteiger partial charge < -0.3 is 19.5 Å². The van der Waals surface area contributed by atoms with Gasteiger partial charge in [-0.25, -0.2) is 0 Å². The molecule has 1 unspecified atom stereocenters. The van der Waals surface area contributed by atoms with Crippen LogP contribution in [0.15, 0.2) is 53.1 Å². The average Bonchev–Trinajstić information content (AvgIpc) is 2.69. The van der Waals surface area contributed by atoms with Gasteiger partial charge in [0.05, 0.1) is 20.8 Å². The molecule has 1 aromatic carbocycles. The molecule has 0 aromatic heterocycles. The van der Waals surface area contributed by atoms with Crippen molar-refractivity contribution < 1.29 is 32.2 Å². The molecule has 8 heteroatoms. The highest BCUT2D eigenvalue weighted by Crippen LogP contribution is 2.41. The first-order chi connectivity index (χ1) is 14.1. The fraction of sp³-hybridized carbons (Fsp3) is 0.409. The Morgan fingerprint density at radius 1 is 1.27 bits per heavy atom. The maximum absolute atomic E-state index is 14.1. The summed E-state index contributed by atoms with van der Waals surface area (Å²) in [6.45, 7) is 4.73. The lowest BCUT2D eigenvalue weighted by Crippen LogP contribution is -2.59. The van der Waals surface area contributed by atoms with Crippen molar-refractivity contribution in [3.63, 3.8) is 0 Å². The molecule has 0 radical (unpaired) electrons. The molecule has 1 aromatic rings. The van der Waals surface area contributed by atoms with Crippen molar-refractivity contribution in [1.29, 1.82) is 0 Å². The van der Waals surface area contributed by atoms with Gasteiger partial charge >= 0.3 is 6.18 Å². The Morgan fingerprint density at radius 3 is 2.50 bits per heavy atom. The van der Waals surface area contributed by atoms with Gasteiger partial charge in [0.1, 0.15) is 0 Å². The van der Waals surface area contributed by atoms with E-state index in [-0.39, 0.29) is 13.2 Å². The number of carbonyl (C=O) groups is 1. The molecule has 0 bridgehead atoms. The third-order valence-electron chi connectivity index (χ3n) is 4.66. The van der Waals surface area contributed by atoms with Crippen molar-refractivity contribution in [2.24, 2.45) is 0 Å². The lowest BCUT2D eigenvalue weighted by atomic mass is 9.90. The van der Waals surface area contributed by atoms with E-state index >= 15 is 0 Å². The Bertz CT molecular complexity index is 883. The molecule has 1 amide bonds. The van der Waals surface area contributed by atoms with Crippen LogP contribution in [0.1, 0.15) is 26.3 Å². The Labute approximate surface area is 174 Å². The van der Waals surface area contributed by atoms with Gasteiger partial charge in [0.25, 0.3) is 11.5 Å². The number of hydrogen-bond acceptors (Lipinski definition) is 4. The second-order valence-corrected chi connectivity index (χ2v) is 6.99. The highest BCUT2D eigenvalue weighted by Gasteiger charge is 2.61. The van der Waals surface area contributed by atoms with E-state index in [1.165, 1.54) is 14.2 Å². The second kappa shape index (κ2) is 9.38. The van der Waals surface area contributed by atoms with Crippen molar-refractivity contribution in [1.82, 2.24) is 5.32 Å². The first-order valence-corrected chi connectivity index (χ1v) is 9.31. The van der Waals surface area contributed by atoms with Crippen LogP contribution in [-0.2, 0) is 16.1 Å². The van der Waals surface area contributed by atoms with Crippen molar-refractivity contribution in [3.8, 4) is 11.5 Å². The zero-order valence-electron chi connectivity index (χ0n) is 17.6. The molecule has 5 nitrogen and oxygen atoms in total. The van der Waals surface area contributed by atoms with Gasteiger partial charge in [0, 0.05) is 12.1 Å². The fourth-order valence-corrected chi connectivity index (χ4v) is 3.15. The predicted octanol–water partition coefficient (Wildman–Crippen LogP) is 4.49. The lowest BCUT2D eigenvalue weighted by molar-refractivity contribution is -0.249. The minimum atomic E-state index is -4.95. The number of nitrogens with one attached hydrogen (secondary N) is 1. The van der Waals surface area contributed by atoms with Crippen LogP contribution in [0.4, 0.5) is 13.2 Å². The van der Waals surface area contributed by atoms with Gasteiger partial charge in [-0.15, -0.1) is 0 Å². The number of rotatable bonds is 6. The van der Waals surface area contributed by atoms with Crippen molar-refractivity contribution >= 4 is 5.91 Å². The van der Waals surface area contributed by atoms with E-state index in [1.807, 2.05) is 0 Å². The summed E-state index contributed by atoms with van der Waals surface area (Å²) in [6.07, 6.45) is -0.826. The number of hydrogen-bond donors (Lipinski definition) is 1. The smallest absolute Gasteiger partial charge is 0.430 e. The lowest BCUT2D eigenvalue weighted by Gasteiger charge is -2.36. The molecule has 0 aliphatic carbocycles. The van der Waals surface area contributed by atoms with Crippen LogP contribution in [0, 0.1) is 0 Å². The number of ether oxygens (including phenoxy) is 3. The molecule has 0 fully saturated rings. The van der Waals surface area contributed by atoms with E-state index in [9.17, 15) is 18.0 Å². The van der Waals surface area contributed by atoms with Crippen molar-refractivity contribution in [3.05, 3.63) is 58.7 Å². The molecule has 0 saturated carbocycles. The summed E-state index contributed by atoms with van der Waals surface area (Å²) >= 11 is 0. The molecule has 2 rings (SSSR count). The Balaban J connectivity index is 2.42. The molecular weight excluding hydrogens is 399 g/mol. The highest BCUT2D eigenvalue weighted by atomic mass is 19.4. The summed E-state index contributed by atoms with van der Waals surface area (Å²) in [5.41, 5.74) is -0.915. The van der Waals surface area contributed by atoms with Crippen LogP contribution in [0.5, 0.6) is 11.5 Å². The number of allylic oxidation sites excluding steroid dienone is 3. The van der Waals surface area contributed by atoms with Gasteiger partial charge in [0.15, 0.2) is 11.5 Å². The average molecular weight is 425 g/mol. The molecule has 30 heavy (non-hydrogen) atoms. The van der Waals surface area contributed by atoms with Crippen LogP contribution in [0.25, 0.3) is 0 Å². The molecule has 1 N–H and O–H groups in total. The van der Waals surface area contributed by atoms with E-state index < -0.39 is 17.7 Å². The summed E-state index contributed by atoms with van der Waals surface area (Å²) in [6, 6.07) is 4.94. The maximum atomic E-state index is 14.1. The zero-order chi connectivity index (χ0) is 22.5. The summed E-state index contributed by atoms with van der Waals surface area (Å²) in [7, 11) is 2.86. The molecule has 1 heterocycles. The number of amides is 1. The SMILES string of the molecule is C/C=C1\COC(C(=O)NCc2cccc(OC)c2OC)(C(F)(F)F)C=C1C=C(C)C. The predicted molar refractivity (Wildman–Crippen MR) is 107 cm³/mol. The first-order valence-electron chi connectivity index (χ1n) is 9.31. The van der Waals surface area contributed by atoms with Gasteiger partial charge in [-0.2, -0.15) is 13.2 Å². The van der Waals surface area contributed by atoms with Crippen LogP contribution < -0.4 is 14.8 Å². The number of carbonyl (C=O) groups excluding carboxylic acids is 1. The third kappa shape index (κ3) is 4.70. The zero-order valence-corrected chi connectivity index (χ0v) is 17.6. The van der Waals surface area contributed by atoms with Crippen LogP contribution in [-0.4, -0.2) is 38.5 Å². The Hall–Kier alpha value is -2.74. The standard InChI is InChI=1S/C22H26F3NO4/c1-6-15-13-30-21(22(23,24)25,11-17(15)10-14(2)3)20(27)26-12-16-8-7-9-18(28-4)19(16)29-5/h6-11H,12-13H2,1-5H3,(H,26,27)/b15-6+. The Kier molecular flexibility index (Phi) is 7.36. The van der Waals surface area contributed by atoms with Gasteiger partial charge in [-0.1, -0.05) is 29.9 Å². The van der Waals surface area contributed by atoms with E-state index in [1.54, 1.807) is 51.1 Å². The number of halogens is 3. The fourth-order valence-electron chi connectivity index (χ4n) is 3.15. The minimum Gasteiger partial charge on any atom is -0.493 e. The Morgan fingerprint density at radius 2 is 1.97 bits per heavy atom. The topological polar surface area (TPSA) is 56.8 Å². The number of para-hydroxylation sites is 1. The number of benzene rings is 1. The third-order valence-corrected chi connectivity index (χ3v) is 4.66. The van der Waals surface area contributed by atoms with Crippen LogP contribution >= 0.6 is 0 Å². The quantitative estimate of drug-likeness (QED) is 0.730. The monoisotopic (exact) mass is 425 g/mol. The van der Waals surface area contributed by atoms with E-state index in [2.05, 4.69) is 5.32 Å². The van der Waals surface area contributed by atoms with Gasteiger partial charge in [0.2, 0.25) is 0 Å². The summed E-state index contributed by atoms with van der Waals surface area (Å²) in [4.78, 5) is 12.8. The van der Waals surface area contributed by atoms with Crippen LogP contribution in [0.2, 0.25) is 0 Å². The molecule has 164 valence electrons. The first kappa shape index (κ1) is 23.5. The van der Waals surface area contributed by atoms with Crippen molar-refractivity contribution in [2.45, 2.75) is 39.1 Å². The highest BCUT2D eigenvalue weighted by molar-refractivity contribution is 5.89. The van der Waals surface area contributed by atoms with E-state index in [0.29, 0.717) is 28.2 Å². The molecule has 1 atom stereocenters. The van der Waals surface area contributed by atoms with Crippen molar-refractivity contribution in [2.75, 3.05) is 20.8 Å². The summed E-state index contributed by atoms with van der Waals surface area (Å²) in [5.74, 6) is -0.551. The number of methoxy groups -OCH3 is 2. The van der Waals surface area contributed by atoms with E-state index in [4.69, 9.17) is 14.2 Å². The largest absolute Gasteiger partial charge is 0.493 e. The van der Waals surface area contributed by atoms with Gasteiger partial charge in [-0.3, -0.25) is 4.79 Å². The maximum Gasteiger partial charge on any atom is 0.430 e. The second-order valence-electron chi connectivity index (χ2n) is 6.99. The van der Waals surface area contributed by atoms with Crippen LogP contribution in [0.3, 0.4) is 0 Å².